The maximum atomic E-state index is 12.8. The van der Waals surface area contributed by atoms with Gasteiger partial charge in [0.15, 0.2) is 0 Å². The predicted molar refractivity (Wildman–Crippen MR) is 224 cm³/mol. The molecule has 6 N–H and O–H groups in total. The number of halogens is 8. The van der Waals surface area contributed by atoms with Crippen LogP contribution in [-0.4, -0.2) is 81.2 Å². The zero-order chi connectivity index (χ0) is 42.8. The van der Waals surface area contributed by atoms with Gasteiger partial charge in [-0.25, -0.2) is 26.8 Å². The maximum absolute atomic E-state index is 12.8. The van der Waals surface area contributed by atoms with Crippen molar-refractivity contribution in [1.29, 1.82) is 0 Å². The fourth-order valence-electron chi connectivity index (χ4n) is 3.83. The van der Waals surface area contributed by atoms with Crippen LogP contribution in [0.25, 0.3) is 0 Å². The molecule has 2 amide bonds. The molecular weight excluding hydrogens is 964 g/mol. The molecule has 1 aliphatic heterocycles. The highest BCUT2D eigenvalue weighted by atomic mass is 35.7. The summed E-state index contributed by atoms with van der Waals surface area (Å²) in [4.78, 5) is 51.9. The Hall–Kier alpha value is -2.98. The van der Waals surface area contributed by atoms with Gasteiger partial charge >= 0.3 is 11.9 Å². The summed E-state index contributed by atoms with van der Waals surface area (Å²) in [6.07, 6.45) is 0. The summed E-state index contributed by atoms with van der Waals surface area (Å²) < 4.78 is 50.2. The van der Waals surface area contributed by atoms with Crippen LogP contribution in [0.4, 0.5) is 11.4 Å². The number of anilines is 2. The van der Waals surface area contributed by atoms with Gasteiger partial charge in [-0.05, 0) is 54.1 Å². The monoisotopic (exact) mass is 990 g/mol. The van der Waals surface area contributed by atoms with Crippen molar-refractivity contribution in [1.82, 2.24) is 4.72 Å². The van der Waals surface area contributed by atoms with Crippen molar-refractivity contribution in [3.8, 4) is 0 Å². The number of aliphatic imine (C=N–C) groups is 2. The first-order valence-corrected chi connectivity index (χ1v) is 21.0. The fraction of sp³-hybridized carbons (Fsp3) is 0.226. The van der Waals surface area contributed by atoms with E-state index in [2.05, 4.69) is 25.4 Å². The first-order valence-electron chi connectivity index (χ1n) is 14.6. The van der Waals surface area contributed by atoms with E-state index in [9.17, 15) is 36.0 Å². The van der Waals surface area contributed by atoms with Crippen LogP contribution in [0.3, 0.4) is 0 Å². The second-order valence-corrected chi connectivity index (χ2v) is 18.6. The maximum Gasteiger partial charge on any atom is 0.319 e. The smallest absolute Gasteiger partial charge is 0.319 e. The number of carbonyl (C=O) groups excluding carboxylic acids is 3. The number of amidine groups is 1. The van der Waals surface area contributed by atoms with Crippen LogP contribution in [0, 0.1) is 0 Å². The van der Waals surface area contributed by atoms with E-state index in [1.165, 1.54) is 50.4 Å². The molecule has 3 aromatic rings. The minimum atomic E-state index is -4.14. The summed E-state index contributed by atoms with van der Waals surface area (Å²) in [5, 5.41) is 14.0. The zero-order valence-electron chi connectivity index (χ0n) is 28.1. The van der Waals surface area contributed by atoms with Crippen molar-refractivity contribution in [3.63, 3.8) is 0 Å². The number of amides is 2. The number of nitrogens with two attached hydrogens (primary N) is 1. The van der Waals surface area contributed by atoms with Gasteiger partial charge in [0, 0.05) is 17.6 Å². The molecule has 57 heavy (non-hydrogen) atoms. The lowest BCUT2D eigenvalue weighted by atomic mass is 10.0. The molecule has 1 heterocycles. The van der Waals surface area contributed by atoms with Gasteiger partial charge in [0.25, 0.3) is 15.0 Å². The molecular formula is C31H30Cl8N6O10S2. The Kier molecular flexibility index (Phi) is 20.5. The second kappa shape index (κ2) is 22.4. The molecule has 0 fully saturated rings. The van der Waals surface area contributed by atoms with Crippen LogP contribution in [0.15, 0.2) is 74.4 Å². The number of carboxylic acid groups (broad SMARTS) is 1. The largest absolute Gasteiger partial charge is 0.480 e. The average molecular weight is 994 g/mol. The third kappa shape index (κ3) is 16.3. The van der Waals surface area contributed by atoms with Crippen LogP contribution in [-0.2, 0) is 43.0 Å². The first kappa shape index (κ1) is 52.0. The van der Waals surface area contributed by atoms with E-state index >= 15 is 0 Å². The Morgan fingerprint density at radius 2 is 1.39 bits per heavy atom. The Balaban J connectivity index is 0.000000609. The number of aliphatic carboxylic acids is 1. The molecule has 16 nitrogen and oxygen atoms in total. The molecule has 0 saturated carbocycles. The molecule has 1 aliphatic rings. The van der Waals surface area contributed by atoms with E-state index in [0.29, 0.717) is 16.3 Å². The number of nitrogens with zero attached hydrogens (tertiary/aromatic N) is 2. The number of alkyl halides is 3. The van der Waals surface area contributed by atoms with E-state index < -0.39 is 47.3 Å². The van der Waals surface area contributed by atoms with Gasteiger partial charge in [0.1, 0.15) is 18.3 Å². The average Bonchev–Trinajstić information content (AvgIpc) is 3.57. The van der Waals surface area contributed by atoms with Gasteiger partial charge in [-0.3, -0.25) is 19.2 Å². The number of carboxylic acids is 1. The van der Waals surface area contributed by atoms with Crippen LogP contribution < -0.4 is 21.1 Å². The quantitative estimate of drug-likeness (QED) is 0.0794. The lowest BCUT2D eigenvalue weighted by Gasteiger charge is -2.17. The lowest BCUT2D eigenvalue weighted by molar-refractivity contribution is -0.139. The molecule has 4 rings (SSSR count). The standard InChI is InChI=1S/C19H12Cl6N4O5S.C8H7Cl2NO3S.C3H7NO2.CH4/c20-10-3-1-8(5-11(10)21)15-16(19(23,24)25)29-17(28-15)18(32)27-13-4-2-9(6-12(13)22)35(33,34)26-7-14(30)31;1-5(12)11-8-3-2-6(4-7(8)9)15(10,13)14;1-6-3(5)2-4;/h1-6,15,26H,7H2,(H,27,32)(H,30,31);2-4H,1H3,(H,11,12);2,4H2,1H3;1H4. The van der Waals surface area contributed by atoms with Crippen molar-refractivity contribution >= 4 is 158 Å². The third-order valence-corrected chi connectivity index (χ3v) is 11.0. The Morgan fingerprint density at radius 3 is 1.82 bits per heavy atom. The van der Waals surface area contributed by atoms with Crippen LogP contribution in [0.1, 0.15) is 26.0 Å². The molecule has 0 radical (unpaired) electrons. The summed E-state index contributed by atoms with van der Waals surface area (Å²) >= 11 is 42.0. The molecule has 0 spiro atoms. The van der Waals surface area contributed by atoms with E-state index in [1.807, 2.05) is 4.72 Å². The van der Waals surface area contributed by atoms with Gasteiger partial charge in [-0.2, -0.15) is 4.72 Å². The van der Waals surface area contributed by atoms with Gasteiger partial charge in [0.05, 0.1) is 54.9 Å². The van der Waals surface area contributed by atoms with Gasteiger partial charge < -0.3 is 26.2 Å². The Morgan fingerprint density at radius 1 is 0.842 bits per heavy atom. The Labute approximate surface area is 366 Å². The Bertz CT molecular complexity index is 2280. The van der Waals surface area contributed by atoms with Crippen molar-refractivity contribution in [2.24, 2.45) is 15.7 Å². The van der Waals surface area contributed by atoms with Crippen LogP contribution in [0.2, 0.25) is 20.1 Å². The topological polar surface area (TPSA) is 253 Å². The molecule has 26 heteroatoms. The van der Waals surface area contributed by atoms with Crippen molar-refractivity contribution in [2.45, 2.75) is 34.0 Å². The summed E-state index contributed by atoms with van der Waals surface area (Å²) in [7, 11) is -1.52. The fourth-order valence-corrected chi connectivity index (χ4v) is 6.94. The van der Waals surface area contributed by atoms with Gasteiger partial charge in [-0.15, -0.1) is 0 Å². The highest BCUT2D eigenvalue weighted by Crippen LogP contribution is 2.40. The minimum Gasteiger partial charge on any atom is -0.480 e. The number of sulfonamides is 1. The number of ether oxygens (including phenoxy) is 1. The van der Waals surface area contributed by atoms with E-state index in [1.54, 1.807) is 6.07 Å². The number of hydrogen-bond donors (Lipinski definition) is 5. The summed E-state index contributed by atoms with van der Waals surface area (Å²) in [6, 6.07) is 10.8. The highest BCUT2D eigenvalue weighted by molar-refractivity contribution is 8.13. The molecule has 1 atom stereocenters. The number of methoxy groups -OCH3 is 1. The predicted octanol–water partition coefficient (Wildman–Crippen LogP) is 6.89. The van der Waals surface area contributed by atoms with Crippen LogP contribution >= 0.6 is 91.9 Å². The number of benzene rings is 3. The summed E-state index contributed by atoms with van der Waals surface area (Å²) in [5.41, 5.74) is 5.59. The number of nitrogens with one attached hydrogen (secondary N) is 3. The number of rotatable bonds is 10. The SMILES string of the molecule is C.CC(=O)Nc1ccc(S(=O)(=O)Cl)cc1Cl.COC(=O)CN.O=C(O)CNS(=O)(=O)c1ccc(NC(=O)C2=NC(c3ccc(Cl)c(Cl)c3)C(C(Cl)(Cl)Cl)=N2)c(Cl)c1. The van der Waals surface area contributed by atoms with Gasteiger partial charge in [-0.1, -0.05) is 94.7 Å². The molecule has 1 unspecified atom stereocenters. The van der Waals surface area contributed by atoms with Crippen molar-refractivity contribution in [2.75, 3.05) is 30.8 Å². The molecule has 312 valence electrons. The third-order valence-electron chi connectivity index (χ3n) is 6.33. The van der Waals surface area contributed by atoms with Gasteiger partial charge in [0.2, 0.25) is 25.6 Å². The minimum absolute atomic E-state index is 0. The summed E-state index contributed by atoms with van der Waals surface area (Å²) in [6.45, 7) is 0.473. The second-order valence-electron chi connectivity index (χ2n) is 10.4. The summed E-state index contributed by atoms with van der Waals surface area (Å²) in [5.74, 6) is -3.19. The number of hydrogen-bond acceptors (Lipinski definition) is 12. The molecule has 0 aliphatic carbocycles. The zero-order valence-corrected chi connectivity index (χ0v) is 35.8. The van der Waals surface area contributed by atoms with E-state index in [0.717, 1.165) is 12.1 Å². The lowest BCUT2D eigenvalue weighted by Crippen LogP contribution is -2.29. The number of carbonyl (C=O) groups is 4. The van der Waals surface area contributed by atoms with E-state index in [-0.39, 0.29) is 67.9 Å². The van der Waals surface area contributed by atoms with Crippen molar-refractivity contribution < 1.29 is 45.9 Å². The number of esters is 1. The van der Waals surface area contributed by atoms with E-state index in [4.69, 9.17) is 103 Å². The molecule has 0 aromatic heterocycles. The molecule has 0 bridgehead atoms. The van der Waals surface area contributed by atoms with Crippen molar-refractivity contribution in [3.05, 3.63) is 80.3 Å². The molecule has 0 saturated heterocycles. The normalized spacial score (nSPS) is 13.6. The van der Waals surface area contributed by atoms with Crippen LogP contribution in [0.5, 0.6) is 0 Å². The molecule has 3 aromatic carbocycles. The first-order chi connectivity index (χ1) is 25.8. The highest BCUT2D eigenvalue weighted by Gasteiger charge is 2.40.